The SMILES string of the molecule is CC(C)(CCN1CCC(CO)CC1)C(N)=NO. The van der Waals surface area contributed by atoms with Crippen molar-refractivity contribution < 1.29 is 10.3 Å². The van der Waals surface area contributed by atoms with Crippen LogP contribution in [0.25, 0.3) is 0 Å². The van der Waals surface area contributed by atoms with E-state index in [-0.39, 0.29) is 5.41 Å². The van der Waals surface area contributed by atoms with Crippen LogP contribution in [0, 0.1) is 11.3 Å². The van der Waals surface area contributed by atoms with Gasteiger partial charge in [-0.25, -0.2) is 0 Å². The molecule has 1 rings (SSSR count). The lowest BCUT2D eigenvalue weighted by molar-refractivity contribution is 0.125. The maximum atomic E-state index is 9.06. The zero-order valence-electron chi connectivity index (χ0n) is 10.9. The topological polar surface area (TPSA) is 82.1 Å². The van der Waals surface area contributed by atoms with Crippen LogP contribution in [0.3, 0.4) is 0 Å². The van der Waals surface area contributed by atoms with Crippen LogP contribution in [0.5, 0.6) is 0 Å². The molecule has 17 heavy (non-hydrogen) atoms. The number of hydrogen-bond donors (Lipinski definition) is 3. The van der Waals surface area contributed by atoms with Crippen LogP contribution in [0.15, 0.2) is 5.16 Å². The second-order valence-corrected chi connectivity index (χ2v) is 5.59. The van der Waals surface area contributed by atoms with E-state index in [2.05, 4.69) is 10.1 Å². The molecule has 1 saturated heterocycles. The van der Waals surface area contributed by atoms with Crippen molar-refractivity contribution in [2.75, 3.05) is 26.2 Å². The average Bonchev–Trinajstić information content (AvgIpc) is 2.36. The first kappa shape index (κ1) is 14.3. The van der Waals surface area contributed by atoms with E-state index in [0.717, 1.165) is 38.9 Å². The second kappa shape index (κ2) is 6.21. The van der Waals surface area contributed by atoms with Crippen molar-refractivity contribution in [2.45, 2.75) is 33.1 Å². The number of amidine groups is 1. The monoisotopic (exact) mass is 243 g/mol. The van der Waals surface area contributed by atoms with Gasteiger partial charge in [0.15, 0.2) is 0 Å². The Morgan fingerprint density at radius 3 is 2.47 bits per heavy atom. The Morgan fingerprint density at radius 2 is 2.00 bits per heavy atom. The number of rotatable bonds is 5. The molecular formula is C12H25N3O2. The van der Waals surface area contributed by atoms with Crippen molar-refractivity contribution >= 4 is 5.84 Å². The molecule has 0 bridgehead atoms. The first-order valence-corrected chi connectivity index (χ1v) is 6.31. The number of likely N-dealkylation sites (tertiary alicyclic amines) is 1. The molecule has 1 aliphatic rings. The highest BCUT2D eigenvalue weighted by Gasteiger charge is 2.25. The van der Waals surface area contributed by atoms with Gasteiger partial charge in [0.2, 0.25) is 0 Å². The predicted octanol–water partition coefficient (Wildman–Crippen LogP) is 0.853. The molecule has 0 atom stereocenters. The van der Waals surface area contributed by atoms with E-state index in [4.69, 9.17) is 16.0 Å². The van der Waals surface area contributed by atoms with Crippen LogP contribution in [-0.4, -0.2) is 47.3 Å². The average molecular weight is 243 g/mol. The molecule has 100 valence electrons. The van der Waals surface area contributed by atoms with E-state index in [0.29, 0.717) is 18.4 Å². The van der Waals surface area contributed by atoms with Crippen molar-refractivity contribution in [1.82, 2.24) is 4.90 Å². The standard InChI is InChI=1S/C12H25N3O2/c1-12(2,11(13)14-17)5-8-15-6-3-10(9-16)4-7-15/h10,16-17H,3-9H2,1-2H3,(H2,13,14). The van der Waals surface area contributed by atoms with Crippen LogP contribution in [0.1, 0.15) is 33.1 Å². The van der Waals surface area contributed by atoms with E-state index >= 15 is 0 Å². The number of hydrogen-bond acceptors (Lipinski definition) is 4. The van der Waals surface area contributed by atoms with Gasteiger partial charge in [-0.05, 0) is 44.8 Å². The van der Waals surface area contributed by atoms with Crippen LogP contribution < -0.4 is 5.73 Å². The third kappa shape index (κ3) is 4.16. The largest absolute Gasteiger partial charge is 0.409 e. The summed E-state index contributed by atoms with van der Waals surface area (Å²) in [5, 5.41) is 20.9. The summed E-state index contributed by atoms with van der Waals surface area (Å²) >= 11 is 0. The molecule has 0 unspecified atom stereocenters. The Balaban J connectivity index is 2.32. The maximum Gasteiger partial charge on any atom is 0.144 e. The molecule has 5 nitrogen and oxygen atoms in total. The van der Waals surface area contributed by atoms with Gasteiger partial charge in [-0.15, -0.1) is 0 Å². The summed E-state index contributed by atoms with van der Waals surface area (Å²) < 4.78 is 0. The van der Waals surface area contributed by atoms with Crippen molar-refractivity contribution in [1.29, 1.82) is 0 Å². The number of nitrogens with two attached hydrogens (primary N) is 1. The van der Waals surface area contributed by atoms with Crippen molar-refractivity contribution in [2.24, 2.45) is 22.2 Å². The fraction of sp³-hybridized carbons (Fsp3) is 0.917. The minimum atomic E-state index is -0.261. The molecule has 0 radical (unpaired) electrons. The predicted molar refractivity (Wildman–Crippen MR) is 68.1 cm³/mol. The van der Waals surface area contributed by atoms with Gasteiger partial charge in [0, 0.05) is 12.0 Å². The molecule has 0 aromatic rings. The van der Waals surface area contributed by atoms with Crippen molar-refractivity contribution in [3.63, 3.8) is 0 Å². The highest BCUT2D eigenvalue weighted by atomic mass is 16.4. The Kier molecular flexibility index (Phi) is 5.21. The molecule has 0 spiro atoms. The number of aliphatic hydroxyl groups is 1. The first-order chi connectivity index (χ1) is 7.99. The van der Waals surface area contributed by atoms with Gasteiger partial charge in [0.25, 0.3) is 0 Å². The number of aliphatic hydroxyl groups excluding tert-OH is 1. The van der Waals surface area contributed by atoms with Gasteiger partial charge < -0.3 is 20.9 Å². The van der Waals surface area contributed by atoms with E-state index < -0.39 is 0 Å². The molecule has 0 aromatic heterocycles. The van der Waals surface area contributed by atoms with Gasteiger partial charge in [0.1, 0.15) is 5.84 Å². The zero-order chi connectivity index (χ0) is 12.9. The van der Waals surface area contributed by atoms with E-state index in [9.17, 15) is 0 Å². The molecular weight excluding hydrogens is 218 g/mol. The van der Waals surface area contributed by atoms with Crippen LogP contribution in [0.2, 0.25) is 0 Å². The van der Waals surface area contributed by atoms with E-state index in [1.807, 2.05) is 13.8 Å². The summed E-state index contributed by atoms with van der Waals surface area (Å²) in [6, 6.07) is 0. The zero-order valence-corrected chi connectivity index (χ0v) is 10.9. The lowest BCUT2D eigenvalue weighted by Gasteiger charge is -2.33. The van der Waals surface area contributed by atoms with Crippen LogP contribution in [0.4, 0.5) is 0 Å². The summed E-state index contributed by atoms with van der Waals surface area (Å²) in [4.78, 5) is 2.39. The van der Waals surface area contributed by atoms with Crippen LogP contribution >= 0.6 is 0 Å². The molecule has 1 aliphatic heterocycles. The third-order valence-electron chi connectivity index (χ3n) is 3.82. The summed E-state index contributed by atoms with van der Waals surface area (Å²) in [6.07, 6.45) is 3.02. The van der Waals surface area contributed by atoms with Crippen LogP contribution in [-0.2, 0) is 0 Å². The highest BCUT2D eigenvalue weighted by molar-refractivity contribution is 5.85. The molecule has 0 amide bonds. The minimum absolute atomic E-state index is 0.261. The number of oxime groups is 1. The second-order valence-electron chi connectivity index (χ2n) is 5.59. The van der Waals surface area contributed by atoms with E-state index in [1.54, 1.807) is 0 Å². The smallest absolute Gasteiger partial charge is 0.144 e. The van der Waals surface area contributed by atoms with E-state index in [1.165, 1.54) is 0 Å². The quantitative estimate of drug-likeness (QED) is 0.289. The van der Waals surface area contributed by atoms with Crippen molar-refractivity contribution in [3.8, 4) is 0 Å². The Labute approximate surface area is 103 Å². The molecule has 5 heteroatoms. The summed E-state index contributed by atoms with van der Waals surface area (Å²) in [5.74, 6) is 0.770. The number of nitrogens with zero attached hydrogens (tertiary/aromatic N) is 2. The summed E-state index contributed by atoms with van der Waals surface area (Å²) in [7, 11) is 0. The fourth-order valence-corrected chi connectivity index (χ4v) is 2.09. The molecule has 0 aromatic carbocycles. The molecule has 1 heterocycles. The lowest BCUT2D eigenvalue weighted by atomic mass is 9.87. The maximum absolute atomic E-state index is 9.06. The normalized spacial score (nSPS) is 20.8. The lowest BCUT2D eigenvalue weighted by Crippen LogP contribution is -2.39. The summed E-state index contributed by atoms with van der Waals surface area (Å²) in [5.41, 5.74) is 5.40. The fourth-order valence-electron chi connectivity index (χ4n) is 2.09. The Hall–Kier alpha value is -0.810. The molecule has 1 fully saturated rings. The summed E-state index contributed by atoms with van der Waals surface area (Å²) in [6.45, 7) is 7.32. The molecule has 0 aliphatic carbocycles. The number of piperidine rings is 1. The third-order valence-corrected chi connectivity index (χ3v) is 3.82. The van der Waals surface area contributed by atoms with Gasteiger partial charge in [0.05, 0.1) is 0 Å². The highest BCUT2D eigenvalue weighted by Crippen LogP contribution is 2.23. The molecule has 4 N–H and O–H groups in total. The van der Waals surface area contributed by atoms with Gasteiger partial charge in [-0.2, -0.15) is 0 Å². The molecule has 0 saturated carbocycles. The Morgan fingerprint density at radius 1 is 1.41 bits per heavy atom. The van der Waals surface area contributed by atoms with Gasteiger partial charge >= 0.3 is 0 Å². The minimum Gasteiger partial charge on any atom is -0.409 e. The van der Waals surface area contributed by atoms with Gasteiger partial charge in [-0.3, -0.25) is 0 Å². The first-order valence-electron chi connectivity index (χ1n) is 6.31. The van der Waals surface area contributed by atoms with Crippen molar-refractivity contribution in [3.05, 3.63) is 0 Å². The Bertz CT molecular complexity index is 258. The van der Waals surface area contributed by atoms with Gasteiger partial charge in [-0.1, -0.05) is 19.0 Å².